The molecule has 1 aromatic rings. The SMILES string of the molecule is CCC(CC)COc1ccc(N2CCCC(N)C2)c(F)c1. The van der Waals surface area contributed by atoms with Gasteiger partial charge >= 0.3 is 0 Å². The molecule has 2 rings (SSSR count). The van der Waals surface area contributed by atoms with Gasteiger partial charge in [-0.2, -0.15) is 0 Å². The van der Waals surface area contributed by atoms with Crippen molar-refractivity contribution in [3.05, 3.63) is 24.0 Å². The van der Waals surface area contributed by atoms with E-state index in [1.54, 1.807) is 0 Å². The van der Waals surface area contributed by atoms with Crippen molar-refractivity contribution in [1.29, 1.82) is 0 Å². The summed E-state index contributed by atoms with van der Waals surface area (Å²) in [5.74, 6) is 0.934. The zero-order valence-corrected chi connectivity index (χ0v) is 13.1. The summed E-state index contributed by atoms with van der Waals surface area (Å²) in [6, 6.07) is 5.32. The molecule has 1 atom stereocenters. The van der Waals surface area contributed by atoms with Crippen LogP contribution < -0.4 is 15.4 Å². The quantitative estimate of drug-likeness (QED) is 0.871. The number of halogens is 1. The second-order valence-corrected chi connectivity index (χ2v) is 5.96. The van der Waals surface area contributed by atoms with Crippen molar-refractivity contribution in [1.82, 2.24) is 0 Å². The number of hydrogen-bond donors (Lipinski definition) is 1. The minimum atomic E-state index is -0.217. The van der Waals surface area contributed by atoms with Crippen molar-refractivity contribution in [3.63, 3.8) is 0 Å². The van der Waals surface area contributed by atoms with Crippen LogP contribution in [0.2, 0.25) is 0 Å². The molecule has 0 saturated carbocycles. The van der Waals surface area contributed by atoms with Gasteiger partial charge in [-0.05, 0) is 30.9 Å². The summed E-state index contributed by atoms with van der Waals surface area (Å²) in [7, 11) is 0. The first-order valence-electron chi connectivity index (χ1n) is 8.06. The molecule has 0 amide bonds. The molecule has 1 aliphatic rings. The predicted octanol–water partition coefficient (Wildman–Crippen LogP) is 3.57. The average molecular weight is 294 g/mol. The van der Waals surface area contributed by atoms with Crippen LogP contribution in [0, 0.1) is 11.7 Å². The molecule has 0 spiro atoms. The van der Waals surface area contributed by atoms with Crippen molar-refractivity contribution in [3.8, 4) is 5.75 Å². The summed E-state index contributed by atoms with van der Waals surface area (Å²) >= 11 is 0. The van der Waals surface area contributed by atoms with Gasteiger partial charge in [0.1, 0.15) is 11.6 Å². The highest BCUT2D eigenvalue weighted by Gasteiger charge is 2.19. The lowest BCUT2D eigenvalue weighted by Crippen LogP contribution is -2.43. The highest BCUT2D eigenvalue weighted by Crippen LogP contribution is 2.27. The van der Waals surface area contributed by atoms with Gasteiger partial charge in [-0.25, -0.2) is 4.39 Å². The van der Waals surface area contributed by atoms with Crippen molar-refractivity contribution < 1.29 is 9.13 Å². The van der Waals surface area contributed by atoms with E-state index in [1.165, 1.54) is 6.07 Å². The summed E-state index contributed by atoms with van der Waals surface area (Å²) in [5, 5.41) is 0. The maximum absolute atomic E-state index is 14.3. The number of benzene rings is 1. The van der Waals surface area contributed by atoms with Crippen molar-refractivity contribution in [2.24, 2.45) is 11.7 Å². The predicted molar refractivity (Wildman–Crippen MR) is 85.4 cm³/mol. The Hall–Kier alpha value is -1.29. The second kappa shape index (κ2) is 7.64. The van der Waals surface area contributed by atoms with Crippen LogP contribution in [0.25, 0.3) is 0 Å². The van der Waals surface area contributed by atoms with Crippen molar-refractivity contribution in [2.75, 3.05) is 24.6 Å². The molecule has 1 unspecified atom stereocenters. The molecule has 118 valence electrons. The molecule has 1 saturated heterocycles. The van der Waals surface area contributed by atoms with Gasteiger partial charge in [0.15, 0.2) is 0 Å². The van der Waals surface area contributed by atoms with Gasteiger partial charge in [0.05, 0.1) is 12.3 Å². The third kappa shape index (κ3) is 4.34. The number of hydrogen-bond acceptors (Lipinski definition) is 3. The van der Waals surface area contributed by atoms with Crippen LogP contribution in [0.1, 0.15) is 39.5 Å². The molecular formula is C17H27FN2O. The van der Waals surface area contributed by atoms with Gasteiger partial charge < -0.3 is 15.4 Å². The van der Waals surface area contributed by atoms with E-state index in [-0.39, 0.29) is 11.9 Å². The first-order valence-corrected chi connectivity index (χ1v) is 8.06. The van der Waals surface area contributed by atoms with Crippen molar-refractivity contribution in [2.45, 2.75) is 45.6 Å². The first-order chi connectivity index (χ1) is 10.1. The second-order valence-electron chi connectivity index (χ2n) is 5.96. The Morgan fingerprint density at radius 1 is 1.38 bits per heavy atom. The smallest absolute Gasteiger partial charge is 0.150 e. The zero-order chi connectivity index (χ0) is 15.2. The molecule has 0 aliphatic carbocycles. The maximum Gasteiger partial charge on any atom is 0.150 e. The number of rotatable bonds is 6. The fourth-order valence-electron chi connectivity index (χ4n) is 2.80. The fraction of sp³-hybridized carbons (Fsp3) is 0.647. The van der Waals surface area contributed by atoms with Crippen LogP contribution in [-0.2, 0) is 0 Å². The van der Waals surface area contributed by atoms with Crippen LogP contribution in [-0.4, -0.2) is 25.7 Å². The van der Waals surface area contributed by atoms with Gasteiger partial charge in [0.2, 0.25) is 0 Å². The van der Waals surface area contributed by atoms with E-state index in [0.29, 0.717) is 24.0 Å². The number of ether oxygens (including phenoxy) is 1. The Balaban J connectivity index is 2.00. The maximum atomic E-state index is 14.3. The molecule has 4 heteroatoms. The summed E-state index contributed by atoms with van der Waals surface area (Å²) in [5.41, 5.74) is 6.60. The minimum absolute atomic E-state index is 0.143. The highest BCUT2D eigenvalue weighted by atomic mass is 19.1. The summed E-state index contributed by atoms with van der Waals surface area (Å²) < 4.78 is 20.0. The van der Waals surface area contributed by atoms with Gasteiger partial charge in [0, 0.05) is 25.2 Å². The van der Waals surface area contributed by atoms with E-state index in [0.717, 1.165) is 38.8 Å². The lowest BCUT2D eigenvalue weighted by Gasteiger charge is -2.32. The Kier molecular flexibility index (Phi) is 5.85. The van der Waals surface area contributed by atoms with Gasteiger partial charge in [-0.3, -0.25) is 0 Å². The number of piperidine rings is 1. The Bertz CT molecular complexity index is 448. The summed E-state index contributed by atoms with van der Waals surface area (Å²) in [4.78, 5) is 2.04. The normalized spacial score (nSPS) is 19.1. The third-order valence-corrected chi connectivity index (χ3v) is 4.36. The van der Waals surface area contributed by atoms with Gasteiger partial charge in [-0.15, -0.1) is 0 Å². The van der Waals surface area contributed by atoms with Crippen molar-refractivity contribution >= 4 is 5.69 Å². The minimum Gasteiger partial charge on any atom is -0.493 e. The van der Waals surface area contributed by atoms with E-state index in [2.05, 4.69) is 13.8 Å². The molecule has 0 bridgehead atoms. The lowest BCUT2D eigenvalue weighted by atomic mass is 10.1. The van der Waals surface area contributed by atoms with E-state index < -0.39 is 0 Å². The van der Waals surface area contributed by atoms with Gasteiger partial charge in [-0.1, -0.05) is 26.7 Å². The van der Waals surface area contributed by atoms with Crippen LogP contribution in [0.3, 0.4) is 0 Å². The molecule has 2 N–H and O–H groups in total. The van der Waals surface area contributed by atoms with E-state index >= 15 is 0 Å². The fourth-order valence-corrected chi connectivity index (χ4v) is 2.80. The Morgan fingerprint density at radius 2 is 2.14 bits per heavy atom. The first kappa shape index (κ1) is 16.1. The van der Waals surface area contributed by atoms with Crippen LogP contribution >= 0.6 is 0 Å². The van der Waals surface area contributed by atoms with Crippen LogP contribution in [0.5, 0.6) is 5.75 Å². The monoisotopic (exact) mass is 294 g/mol. The molecule has 3 nitrogen and oxygen atoms in total. The van der Waals surface area contributed by atoms with E-state index in [9.17, 15) is 4.39 Å². The Morgan fingerprint density at radius 3 is 2.76 bits per heavy atom. The summed E-state index contributed by atoms with van der Waals surface area (Å²) in [6.07, 6.45) is 4.22. The molecule has 1 fully saturated rings. The van der Waals surface area contributed by atoms with E-state index in [4.69, 9.17) is 10.5 Å². The molecule has 0 aromatic heterocycles. The van der Waals surface area contributed by atoms with Crippen LogP contribution in [0.4, 0.5) is 10.1 Å². The molecule has 1 heterocycles. The highest BCUT2D eigenvalue weighted by molar-refractivity contribution is 5.51. The van der Waals surface area contributed by atoms with Crippen LogP contribution in [0.15, 0.2) is 18.2 Å². The molecule has 21 heavy (non-hydrogen) atoms. The zero-order valence-electron chi connectivity index (χ0n) is 13.1. The largest absolute Gasteiger partial charge is 0.493 e. The van der Waals surface area contributed by atoms with Gasteiger partial charge in [0.25, 0.3) is 0 Å². The lowest BCUT2D eigenvalue weighted by molar-refractivity contribution is 0.240. The third-order valence-electron chi connectivity index (χ3n) is 4.36. The summed E-state index contributed by atoms with van der Waals surface area (Å²) in [6.45, 7) is 6.56. The number of nitrogens with two attached hydrogens (primary N) is 1. The molecular weight excluding hydrogens is 267 g/mol. The molecule has 0 radical (unpaired) electrons. The Labute approximate surface area is 127 Å². The molecule has 1 aromatic carbocycles. The topological polar surface area (TPSA) is 38.5 Å². The standard InChI is InChI=1S/C17H27FN2O/c1-3-13(4-2)12-21-15-7-8-17(16(18)10-15)20-9-5-6-14(19)11-20/h7-8,10,13-14H,3-6,9,11-12,19H2,1-2H3. The average Bonchev–Trinajstić information content (AvgIpc) is 2.48. The number of anilines is 1. The number of nitrogens with zero attached hydrogens (tertiary/aromatic N) is 1. The van der Waals surface area contributed by atoms with E-state index in [1.807, 2.05) is 17.0 Å². The molecule has 1 aliphatic heterocycles.